The highest BCUT2D eigenvalue weighted by Crippen LogP contribution is 2.67. The van der Waals surface area contributed by atoms with Crippen LogP contribution in [0, 0.1) is 34.5 Å². The van der Waals surface area contributed by atoms with Gasteiger partial charge in [-0.25, -0.2) is 13.8 Å². The van der Waals surface area contributed by atoms with E-state index in [1.165, 1.54) is 19.3 Å². The van der Waals surface area contributed by atoms with Crippen molar-refractivity contribution in [2.24, 2.45) is 34.5 Å². The predicted molar refractivity (Wildman–Crippen MR) is 191 cm³/mol. The minimum atomic E-state index is -2.45. The molecule has 5 fully saturated rings. The van der Waals surface area contributed by atoms with Gasteiger partial charge in [0.1, 0.15) is 5.82 Å². The number of alkyl halides is 2. The minimum absolute atomic E-state index is 0.0884. The summed E-state index contributed by atoms with van der Waals surface area (Å²) in [6.45, 7) is 8.49. The molecule has 11 heteroatoms. The van der Waals surface area contributed by atoms with E-state index >= 15 is 0 Å². The van der Waals surface area contributed by atoms with Crippen LogP contribution in [0.1, 0.15) is 115 Å². The van der Waals surface area contributed by atoms with Gasteiger partial charge < -0.3 is 15.8 Å². The fraction of sp³-hybridized carbons (Fsp3) is 0.763. The molecule has 1 unspecified atom stereocenters. The van der Waals surface area contributed by atoms with E-state index in [4.69, 9.17) is 15.5 Å². The number of nitrogen functional groups attached to an aromatic ring is 1. The lowest BCUT2D eigenvalue weighted by Crippen LogP contribution is -2.55. The molecule has 3 aromatic heterocycles. The second kappa shape index (κ2) is 13.1. The second-order valence-corrected chi connectivity index (χ2v) is 17.6. The minimum Gasteiger partial charge on any atom is -0.383 e. The van der Waals surface area contributed by atoms with Gasteiger partial charge in [-0.15, -0.1) is 0 Å². The molecule has 5 aliphatic rings. The Morgan fingerprint density at radius 1 is 0.980 bits per heavy atom. The lowest BCUT2D eigenvalue weighted by atomic mass is 9.45. The number of anilines is 1. The zero-order valence-electron chi connectivity index (χ0n) is 29.3. The molecule has 8 rings (SSSR count). The number of aryl methyl sites for hydroxylation is 1. The largest absolute Gasteiger partial charge is 0.383 e. The Hall–Kier alpha value is -2.11. The van der Waals surface area contributed by atoms with Crippen molar-refractivity contribution in [3.8, 4) is 11.1 Å². The van der Waals surface area contributed by atoms with E-state index in [1.807, 2.05) is 17.1 Å². The van der Waals surface area contributed by atoms with E-state index in [0.717, 1.165) is 105 Å². The summed E-state index contributed by atoms with van der Waals surface area (Å²) < 4.78 is 39.9. The van der Waals surface area contributed by atoms with E-state index < -0.39 is 5.92 Å². The van der Waals surface area contributed by atoms with E-state index in [1.54, 1.807) is 4.52 Å². The van der Waals surface area contributed by atoms with Gasteiger partial charge in [0.15, 0.2) is 5.65 Å². The molecule has 8 atom stereocenters. The van der Waals surface area contributed by atoms with Gasteiger partial charge in [-0.05, 0) is 134 Å². The Kier molecular flexibility index (Phi) is 9.12. The molecular formula is C38H54BrF2N7O. The molecule has 4 saturated carbocycles. The first-order valence-corrected chi connectivity index (χ1v) is 19.9. The molecule has 268 valence electrons. The normalized spacial score (nSPS) is 35.6. The van der Waals surface area contributed by atoms with Gasteiger partial charge in [-0.2, -0.15) is 14.7 Å². The Morgan fingerprint density at radius 3 is 2.67 bits per heavy atom. The number of hydrogen-bond donors (Lipinski definition) is 2. The molecule has 0 bridgehead atoms. The fourth-order valence-corrected chi connectivity index (χ4v) is 12.0. The van der Waals surface area contributed by atoms with Gasteiger partial charge in [-0.1, -0.05) is 13.8 Å². The van der Waals surface area contributed by atoms with Crippen LogP contribution in [0.2, 0.25) is 0 Å². The first kappa shape index (κ1) is 34.0. The third-order valence-corrected chi connectivity index (χ3v) is 15.0. The summed E-state index contributed by atoms with van der Waals surface area (Å²) in [6.07, 6.45) is 19.4. The number of halogens is 3. The summed E-state index contributed by atoms with van der Waals surface area (Å²) >= 11 is 3.70. The maximum atomic E-state index is 14.3. The SMILES string of the molecule is CC12CCC(F)(F)C[C@@H]1CC[C@@H]1[C@@H]2CC[C@]2(C)[C@@H](OCCCCCn3cc(-c4cnn5c(N)c(Br)c([C@@H]6CCCNC6)nc45)cn3)CC[C@@H]12. The van der Waals surface area contributed by atoms with Crippen molar-refractivity contribution < 1.29 is 13.5 Å². The van der Waals surface area contributed by atoms with Crippen molar-refractivity contribution in [3.05, 3.63) is 28.8 Å². The number of nitrogens with two attached hydrogens (primary N) is 1. The average Bonchev–Trinajstić information content (AvgIpc) is 3.82. The second-order valence-electron chi connectivity index (χ2n) is 16.8. The quantitative estimate of drug-likeness (QED) is 0.213. The standard InChI is InChI=1S/C38H54BrF2N7O/c1-36-14-15-38(40,41)19-26(36)8-9-27-29-10-11-31(37(29,2)13-12-30(27)36)49-18-5-3-4-17-47-23-25(21-44-47)28-22-45-48-34(42)32(39)33(46-35(28)48)24-7-6-16-43-20-24/h21-24,26-27,29-31,43H,3-20,42H2,1-2H3/t24-,26+,27+,29+,30+,31+,36?,37+/m1/s1. The Balaban J connectivity index is 0.827. The number of fused-ring (bicyclic) bond motifs is 6. The first-order valence-electron chi connectivity index (χ1n) is 19.1. The molecule has 4 aliphatic carbocycles. The number of unbranched alkanes of at least 4 members (excludes halogenated alkanes) is 2. The summed E-state index contributed by atoms with van der Waals surface area (Å²) in [5.74, 6) is 0.633. The smallest absolute Gasteiger partial charge is 0.248 e. The predicted octanol–water partition coefficient (Wildman–Crippen LogP) is 8.64. The number of ether oxygens (including phenoxy) is 1. The van der Waals surface area contributed by atoms with Crippen molar-refractivity contribution in [3.63, 3.8) is 0 Å². The van der Waals surface area contributed by atoms with E-state index in [-0.39, 0.29) is 29.6 Å². The van der Waals surface area contributed by atoms with E-state index in [2.05, 4.69) is 51.5 Å². The van der Waals surface area contributed by atoms with Gasteiger partial charge in [0.25, 0.3) is 0 Å². The molecule has 0 spiro atoms. The van der Waals surface area contributed by atoms with Crippen LogP contribution in [0.15, 0.2) is 23.1 Å². The third kappa shape index (κ3) is 6.05. The third-order valence-electron chi connectivity index (χ3n) is 14.2. The first-order chi connectivity index (χ1) is 23.6. The number of aromatic nitrogens is 5. The Labute approximate surface area is 297 Å². The number of hydrogen-bond acceptors (Lipinski definition) is 6. The number of piperidine rings is 1. The monoisotopic (exact) mass is 741 g/mol. The van der Waals surface area contributed by atoms with Gasteiger partial charge in [0.05, 0.1) is 28.7 Å². The molecule has 0 amide bonds. The van der Waals surface area contributed by atoms with Gasteiger partial charge in [-0.3, -0.25) is 4.68 Å². The molecule has 4 heterocycles. The molecule has 1 saturated heterocycles. The van der Waals surface area contributed by atoms with Crippen LogP contribution in [0.5, 0.6) is 0 Å². The van der Waals surface area contributed by atoms with Crippen molar-refractivity contribution >= 4 is 27.4 Å². The van der Waals surface area contributed by atoms with Gasteiger partial charge >= 0.3 is 0 Å². The molecule has 1 aliphatic heterocycles. The van der Waals surface area contributed by atoms with E-state index in [9.17, 15) is 8.78 Å². The van der Waals surface area contributed by atoms with Crippen molar-refractivity contribution in [2.75, 3.05) is 25.4 Å². The van der Waals surface area contributed by atoms with Crippen molar-refractivity contribution in [2.45, 2.75) is 128 Å². The lowest BCUT2D eigenvalue weighted by Gasteiger charge is -2.61. The summed E-state index contributed by atoms with van der Waals surface area (Å²) in [4.78, 5) is 5.06. The van der Waals surface area contributed by atoms with Crippen LogP contribution in [-0.4, -0.2) is 56.1 Å². The summed E-state index contributed by atoms with van der Waals surface area (Å²) in [7, 11) is 0. The highest BCUT2D eigenvalue weighted by Gasteiger charge is 2.62. The Bertz CT molecular complexity index is 1650. The molecule has 3 aromatic rings. The fourth-order valence-electron chi connectivity index (χ4n) is 11.4. The number of nitrogens with zero attached hydrogens (tertiary/aromatic N) is 5. The molecule has 3 N–H and O–H groups in total. The lowest BCUT2D eigenvalue weighted by molar-refractivity contribution is -0.169. The van der Waals surface area contributed by atoms with Crippen LogP contribution in [0.25, 0.3) is 16.8 Å². The summed E-state index contributed by atoms with van der Waals surface area (Å²) in [5, 5.41) is 12.7. The molecule has 49 heavy (non-hydrogen) atoms. The molecule has 8 nitrogen and oxygen atoms in total. The summed E-state index contributed by atoms with van der Waals surface area (Å²) in [5.41, 5.74) is 10.6. The Morgan fingerprint density at radius 2 is 1.84 bits per heavy atom. The zero-order valence-corrected chi connectivity index (χ0v) is 30.9. The highest BCUT2D eigenvalue weighted by molar-refractivity contribution is 9.10. The van der Waals surface area contributed by atoms with Gasteiger partial charge in [0, 0.05) is 55.8 Å². The van der Waals surface area contributed by atoms with Crippen LogP contribution in [0.4, 0.5) is 14.6 Å². The molecule has 0 aromatic carbocycles. The zero-order chi connectivity index (χ0) is 34.0. The van der Waals surface area contributed by atoms with Crippen LogP contribution in [0.3, 0.4) is 0 Å². The maximum absolute atomic E-state index is 14.3. The number of rotatable bonds is 9. The topological polar surface area (TPSA) is 95.3 Å². The molecular weight excluding hydrogens is 688 g/mol. The highest BCUT2D eigenvalue weighted by atomic mass is 79.9. The van der Waals surface area contributed by atoms with Crippen molar-refractivity contribution in [1.82, 2.24) is 29.7 Å². The van der Waals surface area contributed by atoms with Gasteiger partial charge in [0.2, 0.25) is 5.92 Å². The van der Waals surface area contributed by atoms with E-state index in [0.29, 0.717) is 42.0 Å². The average molecular weight is 743 g/mol. The van der Waals surface area contributed by atoms with Crippen LogP contribution >= 0.6 is 15.9 Å². The molecule has 0 radical (unpaired) electrons. The van der Waals surface area contributed by atoms with Crippen molar-refractivity contribution in [1.29, 1.82) is 0 Å². The summed E-state index contributed by atoms with van der Waals surface area (Å²) in [6, 6.07) is 0. The maximum Gasteiger partial charge on any atom is 0.248 e. The number of nitrogens with one attached hydrogen (secondary N) is 1. The van der Waals surface area contributed by atoms with Crippen LogP contribution in [-0.2, 0) is 11.3 Å². The van der Waals surface area contributed by atoms with Crippen LogP contribution < -0.4 is 11.1 Å².